The summed E-state index contributed by atoms with van der Waals surface area (Å²) in [7, 11) is 0. The fourth-order valence-electron chi connectivity index (χ4n) is 1.76. The average Bonchev–Trinajstić information content (AvgIpc) is 2.87. The maximum atomic E-state index is 9.77. The molecule has 4 heteroatoms. The zero-order chi connectivity index (χ0) is 13.1. The van der Waals surface area contributed by atoms with Gasteiger partial charge in [-0.05, 0) is 13.3 Å². The summed E-state index contributed by atoms with van der Waals surface area (Å²) in [5.74, 6) is 0.918. The van der Waals surface area contributed by atoms with E-state index in [9.17, 15) is 5.11 Å². The van der Waals surface area contributed by atoms with Crippen LogP contribution in [0.5, 0.6) is 0 Å². The van der Waals surface area contributed by atoms with E-state index in [4.69, 9.17) is 4.52 Å². The first-order chi connectivity index (χ1) is 8.61. The molecule has 2 aromatic rings. The highest BCUT2D eigenvalue weighted by molar-refractivity contribution is 5.54. The van der Waals surface area contributed by atoms with Crippen molar-refractivity contribution < 1.29 is 9.63 Å². The van der Waals surface area contributed by atoms with Gasteiger partial charge in [0.2, 0.25) is 11.7 Å². The predicted octanol–water partition coefficient (Wildman–Crippen LogP) is 2.92. The largest absolute Gasteiger partial charge is 0.392 e. The average molecular weight is 246 g/mol. The smallest absolute Gasteiger partial charge is 0.232 e. The van der Waals surface area contributed by atoms with E-state index >= 15 is 0 Å². The van der Waals surface area contributed by atoms with Gasteiger partial charge in [-0.3, -0.25) is 0 Å². The zero-order valence-electron chi connectivity index (χ0n) is 10.9. The summed E-state index contributed by atoms with van der Waals surface area (Å²) in [6, 6.07) is 7.95. The molecule has 18 heavy (non-hydrogen) atoms. The van der Waals surface area contributed by atoms with Gasteiger partial charge in [-0.25, -0.2) is 0 Å². The first-order valence-corrected chi connectivity index (χ1v) is 6.20. The van der Waals surface area contributed by atoms with E-state index in [2.05, 4.69) is 10.1 Å². The molecule has 1 aromatic carbocycles. The highest BCUT2D eigenvalue weighted by atomic mass is 16.5. The van der Waals surface area contributed by atoms with Crippen molar-refractivity contribution in [3.8, 4) is 11.4 Å². The van der Waals surface area contributed by atoms with Gasteiger partial charge in [0.15, 0.2) is 0 Å². The molecule has 1 N–H and O–H groups in total. The number of hydrogen-bond acceptors (Lipinski definition) is 4. The number of aryl methyl sites for hydroxylation is 1. The van der Waals surface area contributed by atoms with Crippen molar-refractivity contribution in [1.29, 1.82) is 0 Å². The monoisotopic (exact) mass is 246 g/mol. The van der Waals surface area contributed by atoms with Gasteiger partial charge in [0.25, 0.3) is 0 Å². The number of aromatic nitrogens is 2. The molecule has 1 heterocycles. The first-order valence-electron chi connectivity index (χ1n) is 6.20. The Balaban J connectivity index is 2.22. The standard InChI is InChI=1S/C14H18N2O2/c1-4-12(17)10(3)14-15-13(16-18-14)11-7-5-9(2)6-8-11/h5-8,10,12,17H,4H2,1-3H3. The normalized spacial score (nSPS) is 14.4. The Bertz CT molecular complexity index is 505. The van der Waals surface area contributed by atoms with Crippen LogP contribution in [0.4, 0.5) is 0 Å². The highest BCUT2D eigenvalue weighted by Gasteiger charge is 2.21. The molecule has 0 aliphatic carbocycles. The molecule has 2 unspecified atom stereocenters. The summed E-state index contributed by atoms with van der Waals surface area (Å²) in [4.78, 5) is 4.34. The van der Waals surface area contributed by atoms with Crippen molar-refractivity contribution in [3.63, 3.8) is 0 Å². The van der Waals surface area contributed by atoms with Gasteiger partial charge in [-0.15, -0.1) is 0 Å². The van der Waals surface area contributed by atoms with Crippen molar-refractivity contribution in [2.45, 2.75) is 39.2 Å². The van der Waals surface area contributed by atoms with Crippen LogP contribution in [-0.2, 0) is 0 Å². The fourth-order valence-corrected chi connectivity index (χ4v) is 1.76. The molecule has 1 aromatic heterocycles. The molecule has 0 fully saturated rings. The lowest BCUT2D eigenvalue weighted by Gasteiger charge is -2.11. The van der Waals surface area contributed by atoms with Gasteiger partial charge >= 0.3 is 0 Å². The fraction of sp³-hybridized carbons (Fsp3) is 0.429. The summed E-state index contributed by atoms with van der Waals surface area (Å²) in [6.45, 7) is 5.85. The number of aliphatic hydroxyl groups excluding tert-OH is 1. The molecule has 0 aliphatic rings. The van der Waals surface area contributed by atoms with Crippen molar-refractivity contribution >= 4 is 0 Å². The molecule has 96 valence electrons. The third-order valence-electron chi connectivity index (χ3n) is 3.14. The minimum Gasteiger partial charge on any atom is -0.392 e. The lowest BCUT2D eigenvalue weighted by molar-refractivity contribution is 0.129. The van der Waals surface area contributed by atoms with Gasteiger partial charge in [-0.1, -0.05) is 48.8 Å². The Morgan fingerprint density at radius 3 is 2.56 bits per heavy atom. The second-order valence-electron chi connectivity index (χ2n) is 4.59. The molecule has 4 nitrogen and oxygen atoms in total. The van der Waals surface area contributed by atoms with Crippen LogP contribution in [0.3, 0.4) is 0 Å². The molecule has 0 aliphatic heterocycles. The first kappa shape index (κ1) is 12.8. The van der Waals surface area contributed by atoms with Crippen LogP contribution in [-0.4, -0.2) is 21.4 Å². The lowest BCUT2D eigenvalue weighted by Crippen LogP contribution is -2.14. The van der Waals surface area contributed by atoms with Crippen molar-refractivity contribution in [2.75, 3.05) is 0 Å². The summed E-state index contributed by atoms with van der Waals surface area (Å²) < 4.78 is 5.21. The number of benzene rings is 1. The predicted molar refractivity (Wildman–Crippen MR) is 69.2 cm³/mol. The summed E-state index contributed by atoms with van der Waals surface area (Å²) in [5, 5.41) is 13.7. The molecule has 0 bridgehead atoms. The topological polar surface area (TPSA) is 59.2 Å². The van der Waals surface area contributed by atoms with Crippen LogP contribution >= 0.6 is 0 Å². The van der Waals surface area contributed by atoms with E-state index in [1.165, 1.54) is 5.56 Å². The summed E-state index contributed by atoms with van der Waals surface area (Å²) in [5.41, 5.74) is 2.12. The molecule has 2 rings (SSSR count). The summed E-state index contributed by atoms with van der Waals surface area (Å²) >= 11 is 0. The second-order valence-corrected chi connectivity index (χ2v) is 4.59. The maximum absolute atomic E-state index is 9.77. The van der Waals surface area contributed by atoms with Crippen molar-refractivity contribution in [3.05, 3.63) is 35.7 Å². The molecule has 0 radical (unpaired) electrons. The van der Waals surface area contributed by atoms with Gasteiger partial charge in [0, 0.05) is 5.56 Å². The van der Waals surface area contributed by atoms with Crippen LogP contribution < -0.4 is 0 Å². The second kappa shape index (κ2) is 5.31. The van der Waals surface area contributed by atoms with Gasteiger partial charge in [0.05, 0.1) is 12.0 Å². The minimum absolute atomic E-state index is 0.137. The Morgan fingerprint density at radius 1 is 1.28 bits per heavy atom. The van der Waals surface area contributed by atoms with E-state index < -0.39 is 6.10 Å². The third kappa shape index (κ3) is 2.59. The van der Waals surface area contributed by atoms with E-state index in [1.807, 2.05) is 45.0 Å². The highest BCUT2D eigenvalue weighted by Crippen LogP contribution is 2.23. The van der Waals surface area contributed by atoms with Crippen molar-refractivity contribution in [1.82, 2.24) is 10.1 Å². The molecule has 0 saturated heterocycles. The number of nitrogens with zero attached hydrogens (tertiary/aromatic N) is 2. The third-order valence-corrected chi connectivity index (χ3v) is 3.14. The van der Waals surface area contributed by atoms with Crippen LogP contribution in [0.15, 0.2) is 28.8 Å². The molecule has 0 saturated carbocycles. The number of rotatable bonds is 4. The maximum Gasteiger partial charge on any atom is 0.232 e. The van der Waals surface area contributed by atoms with Gasteiger partial charge in [-0.2, -0.15) is 4.98 Å². The van der Waals surface area contributed by atoms with Crippen LogP contribution in [0.1, 0.15) is 37.6 Å². The minimum atomic E-state index is -0.448. The molecular formula is C14H18N2O2. The van der Waals surface area contributed by atoms with E-state index in [0.29, 0.717) is 18.1 Å². The Morgan fingerprint density at radius 2 is 1.94 bits per heavy atom. The van der Waals surface area contributed by atoms with Crippen LogP contribution in [0.2, 0.25) is 0 Å². The van der Waals surface area contributed by atoms with Gasteiger partial charge in [0.1, 0.15) is 0 Å². The Labute approximate surface area is 107 Å². The molecule has 2 atom stereocenters. The quantitative estimate of drug-likeness (QED) is 0.901. The molecule has 0 amide bonds. The summed E-state index contributed by atoms with van der Waals surface area (Å²) in [6.07, 6.45) is 0.222. The van der Waals surface area contributed by atoms with Crippen LogP contribution in [0.25, 0.3) is 11.4 Å². The van der Waals surface area contributed by atoms with E-state index in [1.54, 1.807) is 0 Å². The van der Waals surface area contributed by atoms with Gasteiger partial charge < -0.3 is 9.63 Å². The lowest BCUT2D eigenvalue weighted by atomic mass is 10.0. The van der Waals surface area contributed by atoms with E-state index in [-0.39, 0.29) is 5.92 Å². The SMILES string of the molecule is CCC(O)C(C)c1nc(-c2ccc(C)cc2)no1. The number of aliphatic hydroxyl groups is 1. The Hall–Kier alpha value is -1.68. The number of hydrogen-bond donors (Lipinski definition) is 1. The van der Waals surface area contributed by atoms with Crippen LogP contribution in [0, 0.1) is 6.92 Å². The molecular weight excluding hydrogens is 228 g/mol. The van der Waals surface area contributed by atoms with Crippen molar-refractivity contribution in [2.24, 2.45) is 0 Å². The van der Waals surface area contributed by atoms with E-state index in [0.717, 1.165) is 5.56 Å². The Kier molecular flexibility index (Phi) is 3.77. The molecule has 0 spiro atoms. The zero-order valence-corrected chi connectivity index (χ0v) is 10.9.